The first kappa shape index (κ1) is 12.5. The molecule has 0 aliphatic carbocycles. The monoisotopic (exact) mass is 185 g/mol. The lowest BCUT2D eigenvalue weighted by Crippen LogP contribution is -2.34. The van der Waals surface area contributed by atoms with Crippen molar-refractivity contribution in [2.45, 2.75) is 59.4 Å². The van der Waals surface area contributed by atoms with Crippen molar-refractivity contribution >= 4 is 5.91 Å². The Morgan fingerprint density at radius 3 is 2.08 bits per heavy atom. The van der Waals surface area contributed by atoms with Crippen molar-refractivity contribution in [3.05, 3.63) is 0 Å². The maximum atomic E-state index is 11.4. The lowest BCUT2D eigenvalue weighted by atomic mass is 10.0. The number of hydrogen-bond donors (Lipinski definition) is 1. The summed E-state index contributed by atoms with van der Waals surface area (Å²) in [5, 5.41) is 3.04. The summed E-state index contributed by atoms with van der Waals surface area (Å²) in [6, 6.07) is 0.372. The highest BCUT2D eigenvalue weighted by molar-refractivity contribution is 5.76. The standard InChI is InChI=1S/C11H23NO/c1-5-9(4)8-11(13)12-10(6-2)7-3/h9-10H,5-8H2,1-4H3,(H,12,13)/t9-/m1/s1. The molecule has 0 aromatic rings. The van der Waals surface area contributed by atoms with Crippen LogP contribution in [0.2, 0.25) is 0 Å². The predicted octanol–water partition coefficient (Wildman–Crippen LogP) is 2.73. The van der Waals surface area contributed by atoms with Gasteiger partial charge in [0.15, 0.2) is 0 Å². The molecule has 0 fully saturated rings. The van der Waals surface area contributed by atoms with Gasteiger partial charge in [0.05, 0.1) is 0 Å². The summed E-state index contributed by atoms with van der Waals surface area (Å²) in [4.78, 5) is 11.4. The Labute approximate surface area is 82.1 Å². The molecule has 0 aromatic carbocycles. The first-order chi connectivity index (χ1) is 6.13. The van der Waals surface area contributed by atoms with Crippen molar-refractivity contribution in [3.63, 3.8) is 0 Å². The van der Waals surface area contributed by atoms with E-state index < -0.39 is 0 Å². The predicted molar refractivity (Wildman–Crippen MR) is 56.6 cm³/mol. The molecule has 0 spiro atoms. The highest BCUT2D eigenvalue weighted by Crippen LogP contribution is 2.06. The van der Waals surface area contributed by atoms with E-state index in [4.69, 9.17) is 0 Å². The lowest BCUT2D eigenvalue weighted by Gasteiger charge is -2.16. The number of hydrogen-bond acceptors (Lipinski definition) is 1. The van der Waals surface area contributed by atoms with Crippen LogP contribution in [-0.4, -0.2) is 11.9 Å². The molecular formula is C11H23NO. The third-order valence-corrected chi connectivity index (χ3v) is 2.58. The van der Waals surface area contributed by atoms with E-state index in [9.17, 15) is 4.79 Å². The smallest absolute Gasteiger partial charge is 0.220 e. The maximum absolute atomic E-state index is 11.4. The minimum atomic E-state index is 0.211. The van der Waals surface area contributed by atoms with Crippen molar-refractivity contribution in [3.8, 4) is 0 Å². The van der Waals surface area contributed by atoms with Crippen LogP contribution in [0.4, 0.5) is 0 Å². The minimum Gasteiger partial charge on any atom is -0.353 e. The Kier molecular flexibility index (Phi) is 6.65. The number of nitrogens with one attached hydrogen (secondary N) is 1. The zero-order chi connectivity index (χ0) is 10.3. The van der Waals surface area contributed by atoms with Gasteiger partial charge in [-0.3, -0.25) is 4.79 Å². The Bertz CT molecular complexity index is 141. The van der Waals surface area contributed by atoms with E-state index in [1.165, 1.54) is 0 Å². The van der Waals surface area contributed by atoms with Crippen LogP contribution in [0.5, 0.6) is 0 Å². The first-order valence-corrected chi connectivity index (χ1v) is 5.43. The van der Waals surface area contributed by atoms with Crippen molar-refractivity contribution in [2.24, 2.45) is 5.92 Å². The van der Waals surface area contributed by atoms with Gasteiger partial charge in [-0.05, 0) is 18.8 Å². The highest BCUT2D eigenvalue weighted by atomic mass is 16.1. The van der Waals surface area contributed by atoms with Crippen LogP contribution in [0, 0.1) is 5.92 Å². The topological polar surface area (TPSA) is 29.1 Å². The van der Waals surface area contributed by atoms with E-state index in [1.54, 1.807) is 0 Å². The zero-order valence-corrected chi connectivity index (χ0v) is 9.39. The molecule has 0 saturated carbocycles. The van der Waals surface area contributed by atoms with Crippen LogP contribution in [0.3, 0.4) is 0 Å². The fourth-order valence-corrected chi connectivity index (χ4v) is 1.24. The molecule has 78 valence electrons. The number of carbonyl (C=O) groups excluding carboxylic acids is 1. The number of amides is 1. The van der Waals surface area contributed by atoms with E-state index in [1.807, 2.05) is 0 Å². The Morgan fingerprint density at radius 2 is 1.69 bits per heavy atom. The zero-order valence-electron chi connectivity index (χ0n) is 9.39. The Hall–Kier alpha value is -0.530. The summed E-state index contributed by atoms with van der Waals surface area (Å²) >= 11 is 0. The van der Waals surface area contributed by atoms with Crippen LogP contribution < -0.4 is 5.32 Å². The molecule has 1 atom stereocenters. The van der Waals surface area contributed by atoms with E-state index in [2.05, 4.69) is 33.0 Å². The molecule has 13 heavy (non-hydrogen) atoms. The average molecular weight is 185 g/mol. The van der Waals surface area contributed by atoms with Crippen LogP contribution in [0.25, 0.3) is 0 Å². The molecule has 0 heterocycles. The molecule has 0 radical (unpaired) electrons. The van der Waals surface area contributed by atoms with Gasteiger partial charge in [0.1, 0.15) is 0 Å². The van der Waals surface area contributed by atoms with Crippen LogP contribution in [0.15, 0.2) is 0 Å². The van der Waals surface area contributed by atoms with Gasteiger partial charge in [-0.2, -0.15) is 0 Å². The van der Waals surface area contributed by atoms with E-state index >= 15 is 0 Å². The summed E-state index contributed by atoms with van der Waals surface area (Å²) in [5.41, 5.74) is 0. The average Bonchev–Trinajstić information content (AvgIpc) is 2.13. The molecule has 0 aliphatic heterocycles. The van der Waals surface area contributed by atoms with Gasteiger partial charge >= 0.3 is 0 Å². The largest absolute Gasteiger partial charge is 0.353 e. The molecular weight excluding hydrogens is 162 g/mol. The normalized spacial score (nSPS) is 13.0. The van der Waals surface area contributed by atoms with E-state index in [-0.39, 0.29) is 5.91 Å². The van der Waals surface area contributed by atoms with Crippen LogP contribution >= 0.6 is 0 Å². The second-order valence-corrected chi connectivity index (χ2v) is 3.80. The maximum Gasteiger partial charge on any atom is 0.220 e. The quantitative estimate of drug-likeness (QED) is 0.677. The van der Waals surface area contributed by atoms with Crippen LogP contribution in [-0.2, 0) is 4.79 Å². The van der Waals surface area contributed by atoms with Gasteiger partial charge in [0, 0.05) is 12.5 Å². The molecule has 0 unspecified atom stereocenters. The Morgan fingerprint density at radius 1 is 1.15 bits per heavy atom. The molecule has 2 nitrogen and oxygen atoms in total. The Balaban J connectivity index is 3.72. The van der Waals surface area contributed by atoms with Gasteiger partial charge in [-0.25, -0.2) is 0 Å². The van der Waals surface area contributed by atoms with Gasteiger partial charge < -0.3 is 5.32 Å². The van der Waals surface area contributed by atoms with Crippen molar-refractivity contribution in [1.82, 2.24) is 5.32 Å². The SMILES string of the molecule is CCC(CC)NC(=O)C[C@H](C)CC. The number of carbonyl (C=O) groups is 1. The molecule has 0 saturated heterocycles. The molecule has 0 aliphatic rings. The minimum absolute atomic E-state index is 0.211. The van der Waals surface area contributed by atoms with Gasteiger partial charge in [-0.1, -0.05) is 34.1 Å². The second-order valence-electron chi connectivity index (χ2n) is 3.80. The third kappa shape index (κ3) is 5.67. The molecule has 0 rings (SSSR count). The highest BCUT2D eigenvalue weighted by Gasteiger charge is 2.10. The molecule has 1 amide bonds. The van der Waals surface area contributed by atoms with Crippen molar-refractivity contribution in [1.29, 1.82) is 0 Å². The summed E-state index contributed by atoms with van der Waals surface area (Å²) in [5.74, 6) is 0.720. The van der Waals surface area contributed by atoms with E-state index in [0.29, 0.717) is 18.4 Å². The third-order valence-electron chi connectivity index (χ3n) is 2.58. The van der Waals surface area contributed by atoms with Gasteiger partial charge in [-0.15, -0.1) is 0 Å². The van der Waals surface area contributed by atoms with Crippen LogP contribution in [0.1, 0.15) is 53.4 Å². The summed E-state index contributed by atoms with van der Waals surface area (Å²) in [6.45, 7) is 8.46. The second kappa shape index (κ2) is 6.93. The van der Waals surface area contributed by atoms with Gasteiger partial charge in [0.25, 0.3) is 0 Å². The first-order valence-electron chi connectivity index (χ1n) is 5.43. The molecule has 1 N–H and O–H groups in total. The molecule has 0 bridgehead atoms. The fraction of sp³-hybridized carbons (Fsp3) is 0.909. The summed E-state index contributed by atoms with van der Waals surface area (Å²) in [6.07, 6.45) is 3.81. The lowest BCUT2D eigenvalue weighted by molar-refractivity contribution is -0.122. The fourth-order valence-electron chi connectivity index (χ4n) is 1.24. The summed E-state index contributed by atoms with van der Waals surface area (Å²) in [7, 11) is 0. The molecule has 2 heteroatoms. The number of rotatable bonds is 6. The van der Waals surface area contributed by atoms with Crippen molar-refractivity contribution in [2.75, 3.05) is 0 Å². The molecule has 0 aromatic heterocycles. The van der Waals surface area contributed by atoms with Crippen molar-refractivity contribution < 1.29 is 4.79 Å². The van der Waals surface area contributed by atoms with E-state index in [0.717, 1.165) is 19.3 Å². The summed E-state index contributed by atoms with van der Waals surface area (Å²) < 4.78 is 0. The van der Waals surface area contributed by atoms with Gasteiger partial charge in [0.2, 0.25) is 5.91 Å².